The van der Waals surface area contributed by atoms with Crippen molar-refractivity contribution in [3.63, 3.8) is 0 Å². The van der Waals surface area contributed by atoms with E-state index in [1.165, 1.54) is 24.2 Å². The monoisotopic (exact) mass is 329 g/mol. The maximum Gasteiger partial charge on any atom is 0.228 e. The van der Waals surface area contributed by atoms with Crippen molar-refractivity contribution >= 4 is 23.2 Å². The van der Waals surface area contributed by atoms with E-state index in [4.69, 9.17) is 0 Å². The van der Waals surface area contributed by atoms with Gasteiger partial charge in [0.15, 0.2) is 11.7 Å². The first-order valence-electron chi connectivity index (χ1n) is 7.71. The molecule has 7 nitrogen and oxygen atoms in total. The first-order chi connectivity index (χ1) is 11.2. The normalized spacial score (nSPS) is 16.0. The molecule has 1 aliphatic carbocycles. The summed E-state index contributed by atoms with van der Waals surface area (Å²) in [4.78, 5) is 17.6. The minimum atomic E-state index is -0.576. The van der Waals surface area contributed by atoms with Gasteiger partial charge in [0.1, 0.15) is 5.01 Å². The Bertz CT molecular complexity index is 715. The number of hydrogen-bond acceptors (Lipinski definition) is 8. The molecule has 8 heteroatoms. The van der Waals surface area contributed by atoms with E-state index >= 15 is 0 Å². The smallest absolute Gasteiger partial charge is 0.228 e. The van der Waals surface area contributed by atoms with Gasteiger partial charge in [0.2, 0.25) is 11.9 Å². The third kappa shape index (κ3) is 3.56. The van der Waals surface area contributed by atoms with E-state index in [0.717, 1.165) is 18.5 Å². The van der Waals surface area contributed by atoms with E-state index < -0.39 is 5.92 Å². The van der Waals surface area contributed by atoms with Crippen molar-refractivity contribution < 1.29 is 0 Å². The van der Waals surface area contributed by atoms with E-state index in [-0.39, 0.29) is 0 Å². The van der Waals surface area contributed by atoms with E-state index in [2.05, 4.69) is 36.6 Å². The molecule has 1 atom stereocenters. The molecule has 0 spiro atoms. The first-order valence-corrected chi connectivity index (χ1v) is 8.59. The molecule has 1 fully saturated rings. The van der Waals surface area contributed by atoms with Crippen LogP contribution in [0.4, 0.5) is 11.9 Å². The average molecular weight is 329 g/mol. The van der Waals surface area contributed by atoms with E-state index in [9.17, 15) is 5.26 Å². The van der Waals surface area contributed by atoms with Gasteiger partial charge >= 0.3 is 0 Å². The number of rotatable bonds is 5. The Hall–Kier alpha value is -2.27. The second-order valence-electron chi connectivity index (χ2n) is 5.61. The Balaban J connectivity index is 1.92. The van der Waals surface area contributed by atoms with Crippen molar-refractivity contribution in [3.8, 4) is 6.07 Å². The van der Waals surface area contributed by atoms with E-state index in [0.29, 0.717) is 28.8 Å². The highest BCUT2D eigenvalue weighted by atomic mass is 32.1. The van der Waals surface area contributed by atoms with Gasteiger partial charge in [-0.15, -0.1) is 11.3 Å². The molecule has 0 aliphatic heterocycles. The van der Waals surface area contributed by atoms with Crippen molar-refractivity contribution in [3.05, 3.63) is 21.9 Å². The molecular weight excluding hydrogens is 310 g/mol. The van der Waals surface area contributed by atoms with Crippen LogP contribution in [0, 0.1) is 18.3 Å². The molecule has 23 heavy (non-hydrogen) atoms. The number of hydrogen-bond donors (Lipinski definition) is 2. The van der Waals surface area contributed by atoms with Crippen LogP contribution in [0.3, 0.4) is 0 Å². The van der Waals surface area contributed by atoms with Gasteiger partial charge in [-0.25, -0.2) is 4.98 Å². The lowest BCUT2D eigenvalue weighted by atomic mass is 10.1. The van der Waals surface area contributed by atoms with Crippen LogP contribution in [0.1, 0.15) is 48.1 Å². The average Bonchev–Trinajstić information content (AvgIpc) is 3.20. The van der Waals surface area contributed by atoms with Gasteiger partial charge in [-0.05, 0) is 19.8 Å². The van der Waals surface area contributed by atoms with Crippen molar-refractivity contribution in [1.29, 1.82) is 5.26 Å². The lowest BCUT2D eigenvalue weighted by Gasteiger charge is -2.14. The fraction of sp³-hybridized carbons (Fsp3) is 0.533. The predicted octanol–water partition coefficient (Wildman–Crippen LogP) is 2.69. The molecule has 0 saturated heterocycles. The molecule has 3 rings (SSSR count). The van der Waals surface area contributed by atoms with Gasteiger partial charge in [0, 0.05) is 24.2 Å². The topological polar surface area (TPSA) is 99.4 Å². The molecular formula is C15H19N7S. The molecule has 120 valence electrons. The molecule has 2 aromatic heterocycles. The van der Waals surface area contributed by atoms with Gasteiger partial charge in [-0.2, -0.15) is 20.2 Å². The molecule has 0 bridgehead atoms. The molecule has 0 radical (unpaired) electrons. The molecule has 1 saturated carbocycles. The quantitative estimate of drug-likeness (QED) is 0.870. The maximum absolute atomic E-state index is 9.56. The summed E-state index contributed by atoms with van der Waals surface area (Å²) in [6.45, 7) is 1.91. The molecule has 2 N–H and O–H groups in total. The van der Waals surface area contributed by atoms with Crippen LogP contribution in [0.2, 0.25) is 0 Å². The first kappa shape index (κ1) is 15.6. The van der Waals surface area contributed by atoms with Crippen LogP contribution in [0.5, 0.6) is 0 Å². The summed E-state index contributed by atoms with van der Waals surface area (Å²) in [5.74, 6) is 0.846. The third-order valence-corrected chi connectivity index (χ3v) is 4.86. The fourth-order valence-corrected chi connectivity index (χ4v) is 3.51. The van der Waals surface area contributed by atoms with E-state index in [1.54, 1.807) is 7.05 Å². The van der Waals surface area contributed by atoms with Gasteiger partial charge < -0.3 is 10.6 Å². The van der Waals surface area contributed by atoms with Gasteiger partial charge in [-0.1, -0.05) is 12.8 Å². The van der Waals surface area contributed by atoms with Crippen LogP contribution >= 0.6 is 11.3 Å². The summed E-state index contributed by atoms with van der Waals surface area (Å²) in [7, 11) is 1.76. The maximum atomic E-state index is 9.56. The van der Waals surface area contributed by atoms with Crippen LogP contribution in [0.15, 0.2) is 5.38 Å². The van der Waals surface area contributed by atoms with Gasteiger partial charge in [0.25, 0.3) is 0 Å². The second kappa shape index (κ2) is 6.87. The number of nitriles is 1. The summed E-state index contributed by atoms with van der Waals surface area (Å²) in [6.07, 6.45) is 4.72. The Morgan fingerprint density at radius 2 is 1.96 bits per heavy atom. The van der Waals surface area contributed by atoms with Crippen LogP contribution < -0.4 is 10.6 Å². The molecule has 1 unspecified atom stereocenters. The number of aryl methyl sites for hydroxylation is 1. The summed E-state index contributed by atoms with van der Waals surface area (Å²) in [6, 6.07) is 2.66. The van der Waals surface area contributed by atoms with Crippen LogP contribution in [-0.4, -0.2) is 33.0 Å². The lowest BCUT2D eigenvalue weighted by Crippen LogP contribution is -2.19. The Morgan fingerprint density at radius 3 is 2.57 bits per heavy atom. The molecule has 0 amide bonds. The molecule has 2 heterocycles. The number of nitrogens with zero attached hydrogens (tertiary/aromatic N) is 5. The summed E-state index contributed by atoms with van der Waals surface area (Å²) in [5, 5.41) is 18.5. The summed E-state index contributed by atoms with van der Waals surface area (Å²) >= 11 is 1.45. The Morgan fingerprint density at radius 1 is 1.22 bits per heavy atom. The highest BCUT2D eigenvalue weighted by molar-refractivity contribution is 7.09. The lowest BCUT2D eigenvalue weighted by molar-refractivity contribution is 0.736. The number of anilines is 2. The van der Waals surface area contributed by atoms with Crippen molar-refractivity contribution in [2.45, 2.75) is 44.6 Å². The molecule has 1 aliphatic rings. The number of thiazole rings is 1. The van der Waals surface area contributed by atoms with Crippen LogP contribution in [0.25, 0.3) is 0 Å². The zero-order valence-electron chi connectivity index (χ0n) is 13.2. The summed E-state index contributed by atoms with van der Waals surface area (Å²) < 4.78 is 0. The largest absolute Gasteiger partial charge is 0.357 e. The number of nitrogens with one attached hydrogen (secondary N) is 2. The fourth-order valence-electron chi connectivity index (χ4n) is 2.68. The second-order valence-corrected chi connectivity index (χ2v) is 6.50. The zero-order chi connectivity index (χ0) is 16.2. The third-order valence-electron chi connectivity index (χ3n) is 3.84. The van der Waals surface area contributed by atoms with Crippen molar-refractivity contribution in [2.24, 2.45) is 0 Å². The minimum Gasteiger partial charge on any atom is -0.357 e. The molecule has 2 aromatic rings. The highest BCUT2D eigenvalue weighted by Gasteiger charge is 2.23. The van der Waals surface area contributed by atoms with Gasteiger partial charge in [0.05, 0.1) is 6.07 Å². The molecule has 0 aromatic carbocycles. The van der Waals surface area contributed by atoms with E-state index in [1.807, 2.05) is 12.3 Å². The number of aromatic nitrogens is 4. The van der Waals surface area contributed by atoms with Crippen LogP contribution in [-0.2, 0) is 0 Å². The zero-order valence-corrected chi connectivity index (χ0v) is 14.0. The summed E-state index contributed by atoms with van der Waals surface area (Å²) in [5.41, 5.74) is 0.900. The standard InChI is InChI=1S/C15H19N7S/c1-9-8-23-13(18-9)11(7-16)12-20-14(17-2)22-15(21-12)19-10-5-3-4-6-10/h8,10-11H,3-6H2,1-2H3,(H2,17,19,20,21,22). The Kier molecular flexibility index (Phi) is 4.67. The van der Waals surface area contributed by atoms with Gasteiger partial charge in [-0.3, -0.25) is 0 Å². The minimum absolute atomic E-state index is 0.401. The SMILES string of the molecule is CNc1nc(NC2CCCC2)nc(C(C#N)c2nc(C)cs2)n1. The van der Waals surface area contributed by atoms with Crippen molar-refractivity contribution in [2.75, 3.05) is 17.7 Å². The highest BCUT2D eigenvalue weighted by Crippen LogP contribution is 2.26. The van der Waals surface area contributed by atoms with Crippen molar-refractivity contribution in [1.82, 2.24) is 19.9 Å². The Labute approximate surface area is 139 Å². The predicted molar refractivity (Wildman–Crippen MR) is 89.6 cm³/mol.